The van der Waals surface area contributed by atoms with Crippen LogP contribution in [0.15, 0.2) is 42.7 Å². The summed E-state index contributed by atoms with van der Waals surface area (Å²) < 4.78 is 2.42. The zero-order valence-electron chi connectivity index (χ0n) is 14.6. The van der Waals surface area contributed by atoms with Crippen molar-refractivity contribution in [3.63, 3.8) is 0 Å². The second kappa shape index (κ2) is 6.08. The fourth-order valence-electron chi connectivity index (χ4n) is 4.85. The van der Waals surface area contributed by atoms with Crippen LogP contribution >= 0.6 is 11.6 Å². The summed E-state index contributed by atoms with van der Waals surface area (Å²) in [5.74, 6) is 0.270. The standard InChI is InChI=1S/C21H22ClN3O/c22-16-3-4-19-18(10-16)17-5-8-24-12-14-11-21(26,6-9-25(19)20(14)17)15-2-1-7-23-13-15/h1-4,7,10,13-14,24,26H,5-6,8-9,11-12H2. The van der Waals surface area contributed by atoms with Crippen LogP contribution in [0, 0.1) is 0 Å². The van der Waals surface area contributed by atoms with Crippen LogP contribution in [0.1, 0.15) is 35.6 Å². The van der Waals surface area contributed by atoms with Crippen molar-refractivity contribution < 1.29 is 5.11 Å². The number of aliphatic hydroxyl groups is 1. The average molecular weight is 368 g/mol. The molecular weight excluding hydrogens is 346 g/mol. The predicted octanol–water partition coefficient (Wildman–Crippen LogP) is 3.60. The van der Waals surface area contributed by atoms with Gasteiger partial charge in [0, 0.05) is 58.6 Å². The topological polar surface area (TPSA) is 50.1 Å². The maximum absolute atomic E-state index is 11.5. The van der Waals surface area contributed by atoms with E-state index >= 15 is 0 Å². The molecule has 134 valence electrons. The van der Waals surface area contributed by atoms with Gasteiger partial charge in [-0.1, -0.05) is 17.7 Å². The second-order valence-electron chi connectivity index (χ2n) is 7.56. The zero-order chi connectivity index (χ0) is 17.7. The molecule has 2 unspecified atom stereocenters. The van der Waals surface area contributed by atoms with E-state index in [1.54, 1.807) is 6.20 Å². The van der Waals surface area contributed by atoms with Crippen molar-refractivity contribution in [2.24, 2.45) is 0 Å². The molecule has 2 atom stereocenters. The van der Waals surface area contributed by atoms with Crippen LogP contribution in [0.3, 0.4) is 0 Å². The van der Waals surface area contributed by atoms with Gasteiger partial charge in [-0.05, 0) is 55.6 Å². The van der Waals surface area contributed by atoms with E-state index in [2.05, 4.69) is 27.0 Å². The Hall–Kier alpha value is -1.88. The van der Waals surface area contributed by atoms with E-state index in [4.69, 9.17) is 11.6 Å². The van der Waals surface area contributed by atoms with Crippen molar-refractivity contribution in [1.82, 2.24) is 14.9 Å². The SMILES string of the molecule is OC1(c2cccnc2)CCn2c3c(c4cc(Cl)ccc42)CCNCC3C1. The lowest BCUT2D eigenvalue weighted by molar-refractivity contribution is 0.0127. The quantitative estimate of drug-likeness (QED) is 0.691. The molecule has 0 saturated heterocycles. The van der Waals surface area contributed by atoms with E-state index in [-0.39, 0.29) is 5.92 Å². The maximum Gasteiger partial charge on any atom is 0.0935 e. The minimum absolute atomic E-state index is 0.270. The summed E-state index contributed by atoms with van der Waals surface area (Å²) in [5, 5.41) is 17.2. The van der Waals surface area contributed by atoms with E-state index in [1.807, 2.05) is 24.4 Å². The van der Waals surface area contributed by atoms with Crippen LogP contribution in [-0.4, -0.2) is 27.7 Å². The van der Waals surface area contributed by atoms with E-state index < -0.39 is 5.60 Å². The van der Waals surface area contributed by atoms with Crippen molar-refractivity contribution in [1.29, 1.82) is 0 Å². The number of pyridine rings is 1. The van der Waals surface area contributed by atoms with Gasteiger partial charge in [0.05, 0.1) is 5.60 Å². The van der Waals surface area contributed by atoms with E-state index in [9.17, 15) is 5.11 Å². The van der Waals surface area contributed by atoms with Gasteiger partial charge >= 0.3 is 0 Å². The average Bonchev–Trinajstić information content (AvgIpc) is 2.76. The Morgan fingerprint density at radius 2 is 2.23 bits per heavy atom. The molecule has 1 aromatic carbocycles. The van der Waals surface area contributed by atoms with Crippen molar-refractivity contribution in [3.8, 4) is 0 Å². The first kappa shape index (κ1) is 16.3. The largest absolute Gasteiger partial charge is 0.385 e. The summed E-state index contributed by atoms with van der Waals surface area (Å²) in [4.78, 5) is 4.24. The summed E-state index contributed by atoms with van der Waals surface area (Å²) >= 11 is 6.29. The molecule has 3 aromatic rings. The molecule has 2 N–H and O–H groups in total. The zero-order valence-corrected chi connectivity index (χ0v) is 15.3. The first-order valence-corrected chi connectivity index (χ1v) is 9.68. The molecule has 26 heavy (non-hydrogen) atoms. The summed E-state index contributed by atoms with van der Waals surface area (Å²) in [6, 6.07) is 10.1. The molecule has 4 nitrogen and oxygen atoms in total. The Kier molecular flexibility index (Phi) is 3.82. The fraction of sp³-hybridized carbons (Fsp3) is 0.381. The Balaban J connectivity index is 1.68. The lowest BCUT2D eigenvalue weighted by Gasteiger charge is -2.29. The minimum atomic E-state index is -0.847. The highest BCUT2D eigenvalue weighted by Crippen LogP contribution is 2.44. The van der Waals surface area contributed by atoms with E-state index in [0.29, 0.717) is 12.8 Å². The Bertz CT molecular complexity index is 968. The Morgan fingerprint density at radius 1 is 1.31 bits per heavy atom. The molecule has 5 rings (SSSR count). The molecule has 0 aliphatic carbocycles. The van der Waals surface area contributed by atoms with Crippen LogP contribution in [0.4, 0.5) is 0 Å². The highest BCUT2D eigenvalue weighted by atomic mass is 35.5. The van der Waals surface area contributed by atoms with Crippen LogP contribution in [-0.2, 0) is 18.6 Å². The minimum Gasteiger partial charge on any atom is -0.385 e. The number of rotatable bonds is 1. The number of hydrogen-bond donors (Lipinski definition) is 2. The van der Waals surface area contributed by atoms with Crippen LogP contribution < -0.4 is 5.32 Å². The van der Waals surface area contributed by atoms with Crippen LogP contribution in [0.25, 0.3) is 10.9 Å². The molecule has 2 aliphatic rings. The third-order valence-electron chi connectivity index (χ3n) is 6.04. The number of halogens is 1. The monoisotopic (exact) mass is 367 g/mol. The van der Waals surface area contributed by atoms with Gasteiger partial charge in [0.25, 0.3) is 0 Å². The third kappa shape index (κ3) is 2.48. The lowest BCUT2D eigenvalue weighted by atomic mass is 9.82. The summed E-state index contributed by atoms with van der Waals surface area (Å²) in [5.41, 5.74) is 4.09. The second-order valence-corrected chi connectivity index (χ2v) is 7.99. The molecule has 0 bridgehead atoms. The molecule has 2 aromatic heterocycles. The van der Waals surface area contributed by atoms with Gasteiger partial charge in [-0.2, -0.15) is 0 Å². The molecule has 0 fully saturated rings. The first-order chi connectivity index (χ1) is 12.7. The molecule has 0 spiro atoms. The fourth-order valence-corrected chi connectivity index (χ4v) is 5.02. The van der Waals surface area contributed by atoms with Gasteiger partial charge in [0.1, 0.15) is 0 Å². The molecule has 0 amide bonds. The van der Waals surface area contributed by atoms with E-state index in [0.717, 1.165) is 36.6 Å². The molecular formula is C21H22ClN3O. The van der Waals surface area contributed by atoms with Gasteiger partial charge in [-0.25, -0.2) is 0 Å². The molecule has 0 radical (unpaired) electrons. The highest BCUT2D eigenvalue weighted by Gasteiger charge is 2.39. The lowest BCUT2D eigenvalue weighted by Crippen LogP contribution is -2.30. The van der Waals surface area contributed by atoms with Gasteiger partial charge in [0.2, 0.25) is 0 Å². The van der Waals surface area contributed by atoms with Crippen molar-refractivity contribution in [3.05, 3.63) is 64.6 Å². The van der Waals surface area contributed by atoms with Gasteiger partial charge in [0.15, 0.2) is 0 Å². The number of nitrogens with zero attached hydrogens (tertiary/aromatic N) is 2. The van der Waals surface area contributed by atoms with Gasteiger partial charge in [-0.3, -0.25) is 4.98 Å². The van der Waals surface area contributed by atoms with Crippen molar-refractivity contribution in [2.75, 3.05) is 13.1 Å². The van der Waals surface area contributed by atoms with Crippen molar-refractivity contribution >= 4 is 22.5 Å². The smallest absolute Gasteiger partial charge is 0.0935 e. The highest BCUT2D eigenvalue weighted by molar-refractivity contribution is 6.31. The Morgan fingerprint density at radius 3 is 3.08 bits per heavy atom. The summed E-state index contributed by atoms with van der Waals surface area (Å²) in [6.45, 7) is 2.65. The first-order valence-electron chi connectivity index (χ1n) is 9.30. The molecule has 0 saturated carbocycles. The number of aryl methyl sites for hydroxylation is 1. The van der Waals surface area contributed by atoms with Gasteiger partial charge < -0.3 is 15.0 Å². The normalized spacial score (nSPS) is 25.5. The molecule has 5 heteroatoms. The summed E-state index contributed by atoms with van der Waals surface area (Å²) in [6.07, 6.45) is 5.97. The van der Waals surface area contributed by atoms with Crippen molar-refractivity contribution in [2.45, 2.75) is 37.3 Å². The van der Waals surface area contributed by atoms with E-state index in [1.165, 1.54) is 22.2 Å². The predicted molar refractivity (Wildman–Crippen MR) is 104 cm³/mol. The maximum atomic E-state index is 11.5. The number of benzene rings is 1. The number of fused-ring (bicyclic) bond motifs is 3. The van der Waals surface area contributed by atoms with Gasteiger partial charge in [-0.15, -0.1) is 0 Å². The third-order valence-corrected chi connectivity index (χ3v) is 6.27. The number of aromatic nitrogens is 2. The number of nitrogens with one attached hydrogen (secondary N) is 1. The molecule has 4 heterocycles. The summed E-state index contributed by atoms with van der Waals surface area (Å²) in [7, 11) is 0. The van der Waals surface area contributed by atoms with Crippen LogP contribution in [0.5, 0.6) is 0 Å². The number of hydrogen-bond acceptors (Lipinski definition) is 3. The molecule has 2 aliphatic heterocycles. The van der Waals surface area contributed by atoms with Crippen LogP contribution in [0.2, 0.25) is 5.02 Å². The Labute approximate surface area is 157 Å².